The molecule has 0 atom stereocenters. The third-order valence-corrected chi connectivity index (χ3v) is 8.40. The Labute approximate surface area is 238 Å². The Hall–Kier alpha value is -3.61. The quantitative estimate of drug-likeness (QED) is 0.248. The van der Waals surface area contributed by atoms with Crippen molar-refractivity contribution >= 4 is 66.6 Å². The number of rotatable bonds is 8. The van der Waals surface area contributed by atoms with Gasteiger partial charge < -0.3 is 14.2 Å². The fourth-order valence-electron chi connectivity index (χ4n) is 3.72. The van der Waals surface area contributed by atoms with Gasteiger partial charge >= 0.3 is 10.1 Å². The van der Waals surface area contributed by atoms with E-state index in [9.17, 15) is 22.8 Å². The van der Waals surface area contributed by atoms with Gasteiger partial charge in [0.05, 0.1) is 23.0 Å². The summed E-state index contributed by atoms with van der Waals surface area (Å²) < 4.78 is 36.8. The Morgan fingerprint density at radius 1 is 1.10 bits per heavy atom. The minimum absolute atomic E-state index is 0.0896. The first kappa shape index (κ1) is 28.4. The van der Waals surface area contributed by atoms with Gasteiger partial charge in [-0.1, -0.05) is 24.3 Å². The molecular weight excluding hydrogens is 608 g/mol. The van der Waals surface area contributed by atoms with Crippen molar-refractivity contribution < 1.29 is 31.7 Å². The number of carbonyl (C=O) groups excluding carboxylic acids is 3. The maximum Gasteiger partial charge on any atom is 0.339 e. The van der Waals surface area contributed by atoms with E-state index in [-0.39, 0.29) is 43.5 Å². The van der Waals surface area contributed by atoms with Crippen molar-refractivity contribution in [2.24, 2.45) is 0 Å². The van der Waals surface area contributed by atoms with Gasteiger partial charge in [-0.15, -0.1) is 0 Å². The zero-order valence-corrected chi connectivity index (χ0v) is 24.3. The van der Waals surface area contributed by atoms with E-state index in [2.05, 4.69) is 21.2 Å². The number of halogens is 1. The Morgan fingerprint density at radius 2 is 1.79 bits per heavy atom. The van der Waals surface area contributed by atoms with Crippen LogP contribution < -0.4 is 14.2 Å². The SMILES string of the molecule is COc1cc(/C=C2\SC(=O)N(Cc3ccccc3C)C2=O)cc(Br)c1OS(=O)(=O)c1ccc(NC(C)=O)cc1. The van der Waals surface area contributed by atoms with Gasteiger partial charge in [0.2, 0.25) is 5.91 Å². The predicted octanol–water partition coefficient (Wildman–Crippen LogP) is 5.73. The van der Waals surface area contributed by atoms with Crippen LogP contribution in [0.3, 0.4) is 0 Å². The third kappa shape index (κ3) is 6.52. The van der Waals surface area contributed by atoms with Crippen molar-refractivity contribution in [3.8, 4) is 11.5 Å². The highest BCUT2D eigenvalue weighted by Gasteiger charge is 2.35. The van der Waals surface area contributed by atoms with Crippen molar-refractivity contribution in [2.45, 2.75) is 25.3 Å². The molecule has 0 bridgehead atoms. The minimum Gasteiger partial charge on any atom is -0.493 e. The topological polar surface area (TPSA) is 119 Å². The molecule has 9 nitrogen and oxygen atoms in total. The molecule has 0 radical (unpaired) electrons. The van der Waals surface area contributed by atoms with Crippen LogP contribution in [-0.4, -0.2) is 37.5 Å². The summed E-state index contributed by atoms with van der Waals surface area (Å²) in [5, 5.41) is 2.18. The molecule has 0 aromatic heterocycles. The van der Waals surface area contributed by atoms with Crippen molar-refractivity contribution in [1.29, 1.82) is 0 Å². The highest BCUT2D eigenvalue weighted by Crippen LogP contribution is 2.40. The van der Waals surface area contributed by atoms with Crippen LogP contribution >= 0.6 is 27.7 Å². The van der Waals surface area contributed by atoms with Gasteiger partial charge in [-0.05, 0) is 93.8 Å². The lowest BCUT2D eigenvalue weighted by Crippen LogP contribution is -2.27. The molecular formula is C27H23BrN2O7S2. The number of nitrogens with zero attached hydrogens (tertiary/aromatic N) is 1. The lowest BCUT2D eigenvalue weighted by molar-refractivity contribution is -0.123. The maximum atomic E-state index is 13.0. The lowest BCUT2D eigenvalue weighted by atomic mass is 10.1. The second-order valence-corrected chi connectivity index (χ2v) is 11.9. The number of amides is 3. The zero-order valence-electron chi connectivity index (χ0n) is 21.1. The molecule has 39 heavy (non-hydrogen) atoms. The van der Waals surface area contributed by atoms with E-state index in [0.717, 1.165) is 22.9 Å². The van der Waals surface area contributed by atoms with Crippen LogP contribution in [0.1, 0.15) is 23.6 Å². The summed E-state index contributed by atoms with van der Waals surface area (Å²) in [5.74, 6) is -0.706. The molecule has 4 rings (SSSR count). The molecule has 3 amide bonds. The average Bonchev–Trinajstić information content (AvgIpc) is 3.14. The first-order valence-corrected chi connectivity index (χ1v) is 14.5. The number of hydrogen-bond donors (Lipinski definition) is 1. The van der Waals surface area contributed by atoms with Crippen molar-refractivity contribution in [3.05, 3.63) is 86.7 Å². The average molecular weight is 632 g/mol. The molecule has 1 aliphatic rings. The van der Waals surface area contributed by atoms with E-state index in [1.54, 1.807) is 6.07 Å². The van der Waals surface area contributed by atoms with E-state index >= 15 is 0 Å². The van der Waals surface area contributed by atoms with Crippen molar-refractivity contribution in [3.63, 3.8) is 0 Å². The molecule has 0 saturated carbocycles. The Morgan fingerprint density at radius 3 is 2.44 bits per heavy atom. The molecule has 202 valence electrons. The van der Waals surface area contributed by atoms with Gasteiger partial charge in [0.15, 0.2) is 11.5 Å². The lowest BCUT2D eigenvalue weighted by Gasteiger charge is -2.14. The molecule has 0 spiro atoms. The van der Waals surface area contributed by atoms with Crippen LogP contribution in [0.5, 0.6) is 11.5 Å². The van der Waals surface area contributed by atoms with E-state index in [1.165, 1.54) is 55.3 Å². The number of thioether (sulfide) groups is 1. The van der Waals surface area contributed by atoms with Crippen LogP contribution in [0.25, 0.3) is 6.08 Å². The van der Waals surface area contributed by atoms with Crippen LogP contribution in [0.4, 0.5) is 10.5 Å². The highest BCUT2D eigenvalue weighted by molar-refractivity contribution is 9.10. The smallest absolute Gasteiger partial charge is 0.339 e. The van der Waals surface area contributed by atoms with Gasteiger partial charge in [0.1, 0.15) is 4.90 Å². The van der Waals surface area contributed by atoms with E-state index in [1.807, 2.05) is 31.2 Å². The van der Waals surface area contributed by atoms with Gasteiger partial charge in [-0.3, -0.25) is 19.3 Å². The Bertz CT molecular complexity index is 1600. The van der Waals surface area contributed by atoms with Crippen LogP contribution in [0.15, 0.2) is 74.9 Å². The van der Waals surface area contributed by atoms with E-state index in [4.69, 9.17) is 8.92 Å². The molecule has 0 aliphatic carbocycles. The summed E-state index contributed by atoms with van der Waals surface area (Å²) in [5.41, 5.74) is 2.78. The summed E-state index contributed by atoms with van der Waals surface area (Å²) in [6.07, 6.45) is 1.54. The molecule has 1 N–H and O–H groups in total. The molecule has 0 unspecified atom stereocenters. The number of carbonyl (C=O) groups is 3. The fourth-order valence-corrected chi connectivity index (χ4v) is 6.16. The van der Waals surface area contributed by atoms with E-state index in [0.29, 0.717) is 11.3 Å². The first-order chi connectivity index (χ1) is 18.5. The second-order valence-electron chi connectivity index (χ2n) is 8.47. The number of ether oxygens (including phenoxy) is 1. The predicted molar refractivity (Wildman–Crippen MR) is 152 cm³/mol. The largest absolute Gasteiger partial charge is 0.493 e. The number of imide groups is 1. The number of aryl methyl sites for hydroxylation is 1. The zero-order chi connectivity index (χ0) is 28.3. The van der Waals surface area contributed by atoms with Crippen LogP contribution in [-0.2, 0) is 26.3 Å². The second kappa shape index (κ2) is 11.6. The molecule has 1 heterocycles. The summed E-state index contributed by atoms with van der Waals surface area (Å²) in [4.78, 5) is 38.1. The van der Waals surface area contributed by atoms with Gasteiger partial charge in [-0.2, -0.15) is 8.42 Å². The number of methoxy groups -OCH3 is 1. The monoisotopic (exact) mass is 630 g/mol. The number of hydrogen-bond acceptors (Lipinski definition) is 8. The van der Waals surface area contributed by atoms with E-state index < -0.39 is 16.0 Å². The third-order valence-electron chi connectivity index (χ3n) is 5.67. The van der Waals surface area contributed by atoms with Crippen molar-refractivity contribution in [1.82, 2.24) is 4.90 Å². The molecule has 1 saturated heterocycles. The number of anilines is 1. The van der Waals surface area contributed by atoms with Crippen LogP contribution in [0.2, 0.25) is 0 Å². The Kier molecular flexibility index (Phi) is 8.48. The minimum atomic E-state index is -4.25. The normalized spacial score (nSPS) is 14.6. The standard InChI is InChI=1S/C27H23BrN2O7S2/c1-16-6-4-5-7-19(16)15-30-26(32)24(38-27(30)33)14-18-12-22(28)25(23(13-18)36-3)37-39(34,35)21-10-8-20(9-11-21)29-17(2)31/h4-14H,15H2,1-3H3,(H,29,31)/b24-14-. The number of nitrogens with one attached hydrogen (secondary N) is 1. The van der Waals surface area contributed by atoms with Gasteiger partial charge in [0, 0.05) is 12.6 Å². The number of benzene rings is 3. The summed E-state index contributed by atoms with van der Waals surface area (Å²) in [6.45, 7) is 3.43. The summed E-state index contributed by atoms with van der Waals surface area (Å²) in [6, 6.07) is 16.1. The van der Waals surface area contributed by atoms with Gasteiger partial charge in [-0.25, -0.2) is 0 Å². The van der Waals surface area contributed by atoms with Crippen molar-refractivity contribution in [2.75, 3.05) is 12.4 Å². The highest BCUT2D eigenvalue weighted by atomic mass is 79.9. The fraction of sp³-hybridized carbons (Fsp3) is 0.148. The molecule has 3 aromatic carbocycles. The van der Waals surface area contributed by atoms with Crippen LogP contribution in [0, 0.1) is 6.92 Å². The first-order valence-electron chi connectivity index (χ1n) is 11.5. The molecule has 12 heteroatoms. The molecule has 3 aromatic rings. The maximum absolute atomic E-state index is 13.0. The molecule has 1 fully saturated rings. The summed E-state index contributed by atoms with van der Waals surface area (Å²) in [7, 11) is -2.90. The Balaban J connectivity index is 1.57. The van der Waals surface area contributed by atoms with Gasteiger partial charge in [0.25, 0.3) is 11.1 Å². The summed E-state index contributed by atoms with van der Waals surface area (Å²) >= 11 is 4.15. The molecule has 1 aliphatic heterocycles.